The molecule has 0 saturated heterocycles. The number of nitrogens with one attached hydrogen (secondary N) is 1. The maximum Gasteiger partial charge on any atom is 0.335 e. The van der Waals surface area contributed by atoms with E-state index in [1.54, 1.807) is 24.3 Å². The van der Waals surface area contributed by atoms with Crippen LogP contribution in [0.2, 0.25) is 5.02 Å². The Morgan fingerprint density at radius 3 is 2.22 bits per heavy atom. The average Bonchev–Trinajstić information content (AvgIpc) is 2.48. The van der Waals surface area contributed by atoms with Crippen molar-refractivity contribution in [3.8, 4) is 5.75 Å². The molecular weight excluding hydrogens is 453 g/mol. The van der Waals surface area contributed by atoms with Crippen LogP contribution in [0.15, 0.2) is 45.3 Å². The summed E-state index contributed by atoms with van der Waals surface area (Å²) < 4.78 is 6.30. The number of hydrogen-bond donors (Lipinski definition) is 2. The molecule has 0 aliphatic rings. The molecule has 2 aromatic rings. The van der Waals surface area contributed by atoms with Gasteiger partial charge in [0.1, 0.15) is 5.75 Å². The molecule has 0 aromatic heterocycles. The highest BCUT2D eigenvalue weighted by atomic mass is 79.9. The summed E-state index contributed by atoms with van der Waals surface area (Å²) in [5.41, 5.74) is 0.698. The Balaban J connectivity index is 2.01. The summed E-state index contributed by atoms with van der Waals surface area (Å²) in [6, 6.07) is 9.48. The lowest BCUT2D eigenvalue weighted by Crippen LogP contribution is -2.20. The van der Waals surface area contributed by atoms with Crippen LogP contribution in [0.1, 0.15) is 10.4 Å². The van der Waals surface area contributed by atoms with E-state index in [-0.39, 0.29) is 18.1 Å². The molecule has 0 saturated carbocycles. The molecule has 0 aliphatic heterocycles. The van der Waals surface area contributed by atoms with Gasteiger partial charge in [0.15, 0.2) is 6.61 Å². The van der Waals surface area contributed by atoms with Crippen molar-refractivity contribution in [1.82, 2.24) is 0 Å². The Morgan fingerprint density at radius 2 is 1.70 bits per heavy atom. The fourth-order valence-electron chi connectivity index (χ4n) is 1.69. The Labute approximate surface area is 153 Å². The van der Waals surface area contributed by atoms with Gasteiger partial charge in [-0.25, -0.2) is 4.79 Å². The van der Waals surface area contributed by atoms with Crippen molar-refractivity contribution in [3.63, 3.8) is 0 Å². The molecule has 0 fully saturated rings. The highest BCUT2D eigenvalue weighted by molar-refractivity contribution is 9.11. The molecule has 0 atom stereocenters. The van der Waals surface area contributed by atoms with Crippen LogP contribution in [-0.2, 0) is 4.79 Å². The van der Waals surface area contributed by atoms with E-state index in [1.807, 2.05) is 0 Å². The zero-order valence-corrected chi connectivity index (χ0v) is 15.4. The van der Waals surface area contributed by atoms with Gasteiger partial charge < -0.3 is 15.2 Å². The Bertz CT molecular complexity index is 727. The molecule has 0 heterocycles. The van der Waals surface area contributed by atoms with E-state index in [4.69, 9.17) is 21.4 Å². The summed E-state index contributed by atoms with van der Waals surface area (Å²) in [7, 11) is 0. The average molecular weight is 464 g/mol. The zero-order valence-electron chi connectivity index (χ0n) is 11.5. The molecule has 8 heteroatoms. The lowest BCUT2D eigenvalue weighted by molar-refractivity contribution is -0.118. The summed E-state index contributed by atoms with van der Waals surface area (Å²) in [6.45, 7) is -0.230. The van der Waals surface area contributed by atoms with Crippen LogP contribution in [0.25, 0.3) is 0 Å². The molecule has 1 amide bonds. The summed E-state index contributed by atoms with van der Waals surface area (Å²) in [6.07, 6.45) is 0. The number of carboxylic acid groups (broad SMARTS) is 1. The van der Waals surface area contributed by atoms with E-state index in [1.165, 1.54) is 12.1 Å². The number of ether oxygens (including phenoxy) is 1. The first kappa shape index (κ1) is 17.8. The number of carbonyl (C=O) groups is 2. The number of benzene rings is 2. The van der Waals surface area contributed by atoms with Crippen LogP contribution < -0.4 is 10.1 Å². The molecule has 0 spiro atoms. The summed E-state index contributed by atoms with van der Waals surface area (Å²) in [5.74, 6) is -1.06. The molecule has 0 unspecified atom stereocenters. The third-order valence-corrected chi connectivity index (χ3v) is 4.15. The summed E-state index contributed by atoms with van der Waals surface area (Å²) >= 11 is 12.2. The Kier molecular flexibility index (Phi) is 6.04. The normalized spacial score (nSPS) is 10.2. The zero-order chi connectivity index (χ0) is 17.0. The number of anilines is 1. The number of rotatable bonds is 5. The van der Waals surface area contributed by atoms with Crippen molar-refractivity contribution in [2.45, 2.75) is 0 Å². The highest BCUT2D eigenvalue weighted by Gasteiger charge is 2.14. The van der Waals surface area contributed by atoms with Crippen molar-refractivity contribution in [2.75, 3.05) is 11.9 Å². The molecule has 0 radical (unpaired) electrons. The molecule has 2 aromatic carbocycles. The van der Waals surface area contributed by atoms with Crippen LogP contribution in [0.5, 0.6) is 5.75 Å². The van der Waals surface area contributed by atoms with Crippen molar-refractivity contribution in [1.29, 1.82) is 0 Å². The fraction of sp³-hybridized carbons (Fsp3) is 0.0667. The lowest BCUT2D eigenvalue weighted by atomic mass is 10.2. The third kappa shape index (κ3) is 4.95. The number of carboxylic acids is 1. The van der Waals surface area contributed by atoms with Crippen LogP contribution in [0.4, 0.5) is 5.69 Å². The summed E-state index contributed by atoms with van der Waals surface area (Å²) in [5, 5.41) is 12.2. The van der Waals surface area contributed by atoms with E-state index in [2.05, 4.69) is 37.2 Å². The Hall–Kier alpha value is -1.57. The monoisotopic (exact) mass is 461 g/mol. The minimum atomic E-state index is -1.06. The smallest absolute Gasteiger partial charge is 0.335 e. The minimum Gasteiger partial charge on any atom is -0.481 e. The first-order chi connectivity index (χ1) is 10.9. The van der Waals surface area contributed by atoms with Gasteiger partial charge in [0.05, 0.1) is 14.5 Å². The number of halogens is 3. The predicted octanol–water partition coefficient (Wildman–Crippen LogP) is 4.58. The standard InChI is InChI=1S/C15H10Br2ClNO4/c16-11-5-8(15(21)22)6-12(17)14(11)23-7-13(20)19-10-3-1-9(18)2-4-10/h1-6H,7H2,(H,19,20)(H,21,22). The van der Waals surface area contributed by atoms with E-state index >= 15 is 0 Å². The van der Waals surface area contributed by atoms with E-state index in [9.17, 15) is 9.59 Å². The van der Waals surface area contributed by atoms with Gasteiger partial charge in [0, 0.05) is 10.7 Å². The molecule has 2 rings (SSSR count). The summed E-state index contributed by atoms with van der Waals surface area (Å²) in [4.78, 5) is 22.8. The predicted molar refractivity (Wildman–Crippen MR) is 94.4 cm³/mol. The topological polar surface area (TPSA) is 75.6 Å². The van der Waals surface area contributed by atoms with Gasteiger partial charge in [-0.2, -0.15) is 0 Å². The second kappa shape index (κ2) is 7.81. The van der Waals surface area contributed by atoms with Crippen LogP contribution >= 0.6 is 43.5 Å². The molecule has 120 valence electrons. The van der Waals surface area contributed by atoms with Gasteiger partial charge in [-0.1, -0.05) is 11.6 Å². The molecular formula is C15H10Br2ClNO4. The molecule has 5 nitrogen and oxygen atoms in total. The molecule has 0 bridgehead atoms. The van der Waals surface area contributed by atoms with Gasteiger partial charge in [-0.3, -0.25) is 4.79 Å². The maximum absolute atomic E-state index is 11.9. The number of amides is 1. The Morgan fingerprint density at radius 1 is 1.13 bits per heavy atom. The number of hydrogen-bond acceptors (Lipinski definition) is 3. The largest absolute Gasteiger partial charge is 0.481 e. The van der Waals surface area contributed by atoms with Crippen LogP contribution in [0, 0.1) is 0 Å². The number of aromatic carboxylic acids is 1. The van der Waals surface area contributed by atoms with Gasteiger partial charge in [0.2, 0.25) is 0 Å². The van der Waals surface area contributed by atoms with E-state index in [0.29, 0.717) is 25.4 Å². The van der Waals surface area contributed by atoms with E-state index in [0.717, 1.165) is 0 Å². The van der Waals surface area contributed by atoms with Crippen molar-refractivity contribution in [3.05, 3.63) is 55.9 Å². The fourth-order valence-corrected chi connectivity index (χ4v) is 3.23. The van der Waals surface area contributed by atoms with Crippen molar-refractivity contribution in [2.24, 2.45) is 0 Å². The third-order valence-electron chi connectivity index (χ3n) is 2.72. The molecule has 0 aliphatic carbocycles. The van der Waals surface area contributed by atoms with Crippen molar-refractivity contribution < 1.29 is 19.4 Å². The second-order valence-corrected chi connectivity index (χ2v) is 6.56. The quantitative estimate of drug-likeness (QED) is 0.681. The highest BCUT2D eigenvalue weighted by Crippen LogP contribution is 2.34. The first-order valence-electron chi connectivity index (χ1n) is 6.27. The van der Waals surface area contributed by atoms with Gasteiger partial charge in [-0.15, -0.1) is 0 Å². The minimum absolute atomic E-state index is 0.0988. The number of carbonyl (C=O) groups excluding carboxylic acids is 1. The van der Waals surface area contributed by atoms with Crippen molar-refractivity contribution >= 4 is 61.0 Å². The van der Waals surface area contributed by atoms with Gasteiger partial charge in [-0.05, 0) is 68.3 Å². The van der Waals surface area contributed by atoms with Gasteiger partial charge >= 0.3 is 5.97 Å². The SMILES string of the molecule is O=C(COc1c(Br)cc(C(=O)O)cc1Br)Nc1ccc(Cl)cc1. The van der Waals surface area contributed by atoms with Crippen LogP contribution in [-0.4, -0.2) is 23.6 Å². The van der Waals surface area contributed by atoms with Gasteiger partial charge in [0.25, 0.3) is 5.91 Å². The lowest BCUT2D eigenvalue weighted by Gasteiger charge is -2.11. The molecule has 23 heavy (non-hydrogen) atoms. The first-order valence-corrected chi connectivity index (χ1v) is 8.24. The maximum atomic E-state index is 11.9. The second-order valence-electron chi connectivity index (χ2n) is 4.42. The molecule has 2 N–H and O–H groups in total. The van der Waals surface area contributed by atoms with E-state index < -0.39 is 5.97 Å². The van der Waals surface area contributed by atoms with Crippen LogP contribution in [0.3, 0.4) is 0 Å².